The molecule has 0 spiro atoms. The Balaban J connectivity index is 1.56. The first-order valence-corrected chi connectivity index (χ1v) is 9.40. The predicted octanol–water partition coefficient (Wildman–Crippen LogP) is 2.18. The summed E-state index contributed by atoms with van der Waals surface area (Å²) in [5, 5.41) is 12.5. The number of phenolic OH excluding ortho intramolecular Hbond substituents is 1. The Morgan fingerprint density at radius 1 is 1.00 bits per heavy atom. The van der Waals surface area contributed by atoms with Crippen LogP contribution >= 0.6 is 0 Å². The molecule has 2 aromatic rings. The number of anilines is 2. The summed E-state index contributed by atoms with van der Waals surface area (Å²) in [7, 11) is 4.61. The summed E-state index contributed by atoms with van der Waals surface area (Å²) < 4.78 is 15.9. The van der Waals surface area contributed by atoms with E-state index in [4.69, 9.17) is 14.2 Å². The fourth-order valence-electron chi connectivity index (χ4n) is 3.41. The molecule has 1 aliphatic rings. The quantitative estimate of drug-likeness (QED) is 0.736. The maximum Gasteiger partial charge on any atom is 0.238 e. The van der Waals surface area contributed by atoms with Crippen molar-refractivity contribution in [1.29, 1.82) is 0 Å². The van der Waals surface area contributed by atoms with E-state index >= 15 is 0 Å². The Morgan fingerprint density at radius 3 is 2.21 bits per heavy atom. The first-order valence-electron chi connectivity index (χ1n) is 9.40. The van der Waals surface area contributed by atoms with Gasteiger partial charge in [-0.3, -0.25) is 9.69 Å². The Bertz CT molecular complexity index is 825. The highest BCUT2D eigenvalue weighted by atomic mass is 16.5. The van der Waals surface area contributed by atoms with Crippen molar-refractivity contribution in [2.45, 2.75) is 0 Å². The number of piperazine rings is 1. The van der Waals surface area contributed by atoms with Gasteiger partial charge in [-0.2, -0.15) is 0 Å². The summed E-state index contributed by atoms with van der Waals surface area (Å²) in [6.07, 6.45) is 0. The smallest absolute Gasteiger partial charge is 0.238 e. The van der Waals surface area contributed by atoms with Crippen molar-refractivity contribution in [3.05, 3.63) is 36.4 Å². The van der Waals surface area contributed by atoms with Gasteiger partial charge in [0.2, 0.25) is 11.7 Å². The van der Waals surface area contributed by atoms with Crippen molar-refractivity contribution in [3.8, 4) is 23.0 Å². The highest BCUT2D eigenvalue weighted by Crippen LogP contribution is 2.39. The lowest BCUT2D eigenvalue weighted by molar-refractivity contribution is -0.117. The molecule has 1 amide bonds. The number of nitrogens with one attached hydrogen (secondary N) is 1. The van der Waals surface area contributed by atoms with E-state index in [-0.39, 0.29) is 11.7 Å². The topological polar surface area (TPSA) is 83.5 Å². The standard InChI is InChI=1S/C21H27N3O5/c1-27-18-11-15(12-19(28-2)21(18)29-3)22-20(26)14-23-7-9-24(10-8-23)16-5-4-6-17(25)13-16/h4-6,11-13,25H,7-10,14H2,1-3H3,(H,22,26). The average Bonchev–Trinajstić information content (AvgIpc) is 2.73. The third-order valence-corrected chi connectivity index (χ3v) is 4.88. The van der Waals surface area contributed by atoms with E-state index in [2.05, 4.69) is 15.1 Å². The van der Waals surface area contributed by atoms with Crippen LogP contribution < -0.4 is 24.4 Å². The van der Waals surface area contributed by atoms with Gasteiger partial charge in [0.1, 0.15) is 5.75 Å². The largest absolute Gasteiger partial charge is 0.508 e. The monoisotopic (exact) mass is 401 g/mol. The molecule has 0 aromatic heterocycles. The molecule has 0 unspecified atom stereocenters. The molecule has 0 radical (unpaired) electrons. The van der Waals surface area contributed by atoms with Crippen molar-refractivity contribution in [3.63, 3.8) is 0 Å². The number of ether oxygens (including phenoxy) is 3. The van der Waals surface area contributed by atoms with Gasteiger partial charge < -0.3 is 29.5 Å². The minimum Gasteiger partial charge on any atom is -0.508 e. The number of hydrogen-bond acceptors (Lipinski definition) is 7. The Hall–Kier alpha value is -3.13. The molecule has 0 saturated carbocycles. The fraction of sp³-hybridized carbons (Fsp3) is 0.381. The normalized spacial score (nSPS) is 14.4. The summed E-state index contributed by atoms with van der Waals surface area (Å²) in [6, 6.07) is 10.6. The van der Waals surface area contributed by atoms with Gasteiger partial charge in [-0.15, -0.1) is 0 Å². The number of nitrogens with zero attached hydrogens (tertiary/aromatic N) is 2. The van der Waals surface area contributed by atoms with Crippen LogP contribution in [0.4, 0.5) is 11.4 Å². The zero-order valence-corrected chi connectivity index (χ0v) is 17.0. The molecular formula is C21H27N3O5. The SMILES string of the molecule is COc1cc(NC(=O)CN2CCN(c3cccc(O)c3)CC2)cc(OC)c1OC. The molecule has 156 valence electrons. The maximum absolute atomic E-state index is 12.5. The number of amides is 1. The van der Waals surface area contributed by atoms with Crippen LogP contribution in [0.5, 0.6) is 23.0 Å². The van der Waals surface area contributed by atoms with Crippen LogP contribution in [0.15, 0.2) is 36.4 Å². The molecule has 0 aliphatic carbocycles. The average molecular weight is 401 g/mol. The summed E-state index contributed by atoms with van der Waals surface area (Å²) >= 11 is 0. The second-order valence-electron chi connectivity index (χ2n) is 6.75. The van der Waals surface area contributed by atoms with Gasteiger partial charge in [0.05, 0.1) is 27.9 Å². The molecule has 8 nitrogen and oxygen atoms in total. The van der Waals surface area contributed by atoms with Crippen molar-refractivity contribution >= 4 is 17.3 Å². The van der Waals surface area contributed by atoms with Crippen LogP contribution in [0.3, 0.4) is 0 Å². The fourth-order valence-corrected chi connectivity index (χ4v) is 3.41. The molecule has 2 N–H and O–H groups in total. The van der Waals surface area contributed by atoms with Gasteiger partial charge in [0, 0.05) is 55.8 Å². The highest BCUT2D eigenvalue weighted by molar-refractivity contribution is 5.93. The lowest BCUT2D eigenvalue weighted by atomic mass is 10.2. The molecule has 8 heteroatoms. The van der Waals surface area contributed by atoms with Gasteiger partial charge in [-0.05, 0) is 12.1 Å². The van der Waals surface area contributed by atoms with Crippen molar-refractivity contribution < 1.29 is 24.1 Å². The molecule has 1 aliphatic heterocycles. The minimum absolute atomic E-state index is 0.106. The molecule has 1 heterocycles. The lowest BCUT2D eigenvalue weighted by Crippen LogP contribution is -2.48. The van der Waals surface area contributed by atoms with E-state index in [0.29, 0.717) is 29.5 Å². The van der Waals surface area contributed by atoms with E-state index in [0.717, 1.165) is 31.9 Å². The number of methoxy groups -OCH3 is 3. The number of hydrogen-bond donors (Lipinski definition) is 2. The summed E-state index contributed by atoms with van der Waals surface area (Å²) in [4.78, 5) is 16.8. The first-order chi connectivity index (χ1) is 14.0. The number of carbonyl (C=O) groups is 1. The second-order valence-corrected chi connectivity index (χ2v) is 6.75. The molecule has 3 rings (SSSR count). The molecular weight excluding hydrogens is 374 g/mol. The highest BCUT2D eigenvalue weighted by Gasteiger charge is 2.20. The summed E-state index contributed by atoms with van der Waals surface area (Å²) in [6.45, 7) is 3.41. The molecule has 0 atom stereocenters. The van der Waals surface area contributed by atoms with Crippen LogP contribution in [0.2, 0.25) is 0 Å². The Morgan fingerprint density at radius 2 is 1.66 bits per heavy atom. The first kappa shape index (κ1) is 20.6. The third-order valence-electron chi connectivity index (χ3n) is 4.88. The lowest BCUT2D eigenvalue weighted by Gasteiger charge is -2.35. The molecule has 0 bridgehead atoms. The van der Waals surface area contributed by atoms with E-state index < -0.39 is 0 Å². The molecule has 29 heavy (non-hydrogen) atoms. The van der Waals surface area contributed by atoms with E-state index in [9.17, 15) is 9.90 Å². The maximum atomic E-state index is 12.5. The van der Waals surface area contributed by atoms with Crippen molar-refractivity contribution in [2.24, 2.45) is 0 Å². The summed E-state index contributed by atoms with van der Waals surface area (Å²) in [5.74, 6) is 1.61. The van der Waals surface area contributed by atoms with Crippen LogP contribution in [0.25, 0.3) is 0 Å². The second kappa shape index (κ2) is 9.38. The zero-order chi connectivity index (χ0) is 20.8. The predicted molar refractivity (Wildman–Crippen MR) is 111 cm³/mol. The van der Waals surface area contributed by atoms with Crippen molar-refractivity contribution in [2.75, 3.05) is 64.3 Å². The Labute approximate surface area is 170 Å². The van der Waals surface area contributed by atoms with Crippen LogP contribution in [-0.2, 0) is 4.79 Å². The van der Waals surface area contributed by atoms with Crippen LogP contribution in [-0.4, -0.2) is 70.0 Å². The number of aromatic hydroxyl groups is 1. The van der Waals surface area contributed by atoms with E-state index in [1.165, 1.54) is 21.3 Å². The van der Waals surface area contributed by atoms with Crippen LogP contribution in [0, 0.1) is 0 Å². The van der Waals surface area contributed by atoms with Crippen LogP contribution in [0.1, 0.15) is 0 Å². The minimum atomic E-state index is -0.106. The number of benzene rings is 2. The van der Waals surface area contributed by atoms with Gasteiger partial charge in [-0.1, -0.05) is 6.07 Å². The van der Waals surface area contributed by atoms with E-state index in [1.54, 1.807) is 24.3 Å². The van der Waals surface area contributed by atoms with Gasteiger partial charge in [-0.25, -0.2) is 0 Å². The van der Waals surface area contributed by atoms with Gasteiger partial charge in [0.25, 0.3) is 0 Å². The van der Waals surface area contributed by atoms with E-state index in [1.807, 2.05) is 12.1 Å². The number of phenols is 1. The van der Waals surface area contributed by atoms with Crippen molar-refractivity contribution in [1.82, 2.24) is 4.90 Å². The Kier molecular flexibility index (Phi) is 6.66. The third kappa shape index (κ3) is 5.03. The molecule has 1 saturated heterocycles. The molecule has 1 fully saturated rings. The molecule has 2 aromatic carbocycles. The zero-order valence-electron chi connectivity index (χ0n) is 17.0. The number of rotatable bonds is 7. The summed E-state index contributed by atoms with van der Waals surface area (Å²) in [5.41, 5.74) is 1.58. The van der Waals surface area contributed by atoms with Gasteiger partial charge in [0.15, 0.2) is 11.5 Å². The van der Waals surface area contributed by atoms with Gasteiger partial charge >= 0.3 is 0 Å². The number of carbonyl (C=O) groups excluding carboxylic acids is 1.